The Kier molecular flexibility index (Phi) is 4.95. The number of anilines is 1. The number of nitriles is 1. The summed E-state index contributed by atoms with van der Waals surface area (Å²) in [5, 5.41) is 20.5. The van der Waals surface area contributed by atoms with E-state index in [1.165, 1.54) is 0 Å². The number of carboxylic acids is 1. The molecule has 0 unspecified atom stereocenters. The molecule has 1 heterocycles. The summed E-state index contributed by atoms with van der Waals surface area (Å²) in [5.74, 6) is -0.209. The number of aliphatic carboxylic acids is 1. The van der Waals surface area contributed by atoms with E-state index in [1.807, 2.05) is 6.92 Å². The zero-order chi connectivity index (χ0) is 12.7. The van der Waals surface area contributed by atoms with Crippen molar-refractivity contribution in [3.05, 3.63) is 23.4 Å². The van der Waals surface area contributed by atoms with Crippen molar-refractivity contribution in [2.45, 2.75) is 26.2 Å². The minimum atomic E-state index is -0.781. The largest absolute Gasteiger partial charge is 0.481 e. The predicted molar refractivity (Wildman–Crippen MR) is 63.7 cm³/mol. The van der Waals surface area contributed by atoms with E-state index >= 15 is 0 Å². The van der Waals surface area contributed by atoms with Crippen molar-refractivity contribution in [1.82, 2.24) is 4.98 Å². The molecule has 0 atom stereocenters. The maximum absolute atomic E-state index is 10.3. The number of hydrogen-bond acceptors (Lipinski definition) is 4. The molecule has 90 valence electrons. The number of pyridine rings is 1. The molecular weight excluding hydrogens is 218 g/mol. The molecule has 17 heavy (non-hydrogen) atoms. The van der Waals surface area contributed by atoms with Crippen LogP contribution >= 0.6 is 0 Å². The van der Waals surface area contributed by atoms with E-state index in [0.717, 1.165) is 12.0 Å². The highest BCUT2D eigenvalue weighted by Gasteiger charge is 2.05. The van der Waals surface area contributed by atoms with E-state index in [1.54, 1.807) is 12.3 Å². The number of aryl methyl sites for hydroxylation is 1. The van der Waals surface area contributed by atoms with Crippen molar-refractivity contribution >= 4 is 11.8 Å². The zero-order valence-corrected chi connectivity index (χ0v) is 9.73. The van der Waals surface area contributed by atoms with Crippen LogP contribution in [0.25, 0.3) is 0 Å². The molecule has 0 radical (unpaired) electrons. The first kappa shape index (κ1) is 13.0. The minimum absolute atomic E-state index is 0.175. The van der Waals surface area contributed by atoms with Crippen molar-refractivity contribution in [2.75, 3.05) is 11.9 Å². The van der Waals surface area contributed by atoms with Gasteiger partial charge in [0.05, 0.1) is 5.56 Å². The second-order valence-electron chi connectivity index (χ2n) is 3.74. The summed E-state index contributed by atoms with van der Waals surface area (Å²) in [6.07, 6.45) is 3.19. The SMILES string of the molecule is Cc1ccnc(NCCCCC(=O)O)c1C#N. The third-order valence-corrected chi connectivity index (χ3v) is 2.38. The standard InChI is InChI=1S/C12H15N3O2/c1-9-5-7-15-12(10(9)8-13)14-6-3-2-4-11(16)17/h5,7H,2-4,6H2,1H3,(H,14,15)(H,16,17). The summed E-state index contributed by atoms with van der Waals surface area (Å²) < 4.78 is 0. The number of aromatic nitrogens is 1. The fourth-order valence-electron chi connectivity index (χ4n) is 1.44. The Morgan fingerprint density at radius 2 is 2.35 bits per heavy atom. The van der Waals surface area contributed by atoms with Crippen LogP contribution in [0.3, 0.4) is 0 Å². The Labute approximate surface area is 100 Å². The van der Waals surface area contributed by atoms with Crippen LogP contribution in [-0.2, 0) is 4.79 Å². The molecule has 1 rings (SSSR count). The van der Waals surface area contributed by atoms with Gasteiger partial charge in [0.15, 0.2) is 0 Å². The van der Waals surface area contributed by atoms with Crippen LogP contribution in [0.4, 0.5) is 5.82 Å². The average molecular weight is 233 g/mol. The molecule has 5 nitrogen and oxygen atoms in total. The number of hydrogen-bond donors (Lipinski definition) is 2. The van der Waals surface area contributed by atoms with Crippen molar-refractivity contribution < 1.29 is 9.90 Å². The highest BCUT2D eigenvalue weighted by atomic mass is 16.4. The van der Waals surface area contributed by atoms with Gasteiger partial charge < -0.3 is 10.4 Å². The molecule has 0 aliphatic carbocycles. The van der Waals surface area contributed by atoms with E-state index in [2.05, 4.69) is 16.4 Å². The summed E-state index contributed by atoms with van der Waals surface area (Å²) in [7, 11) is 0. The molecule has 0 saturated carbocycles. The average Bonchev–Trinajstić information content (AvgIpc) is 2.28. The third kappa shape index (κ3) is 4.11. The lowest BCUT2D eigenvalue weighted by Crippen LogP contribution is -2.06. The van der Waals surface area contributed by atoms with Crippen LogP contribution in [0.1, 0.15) is 30.4 Å². The van der Waals surface area contributed by atoms with Gasteiger partial charge in [-0.1, -0.05) is 0 Å². The van der Waals surface area contributed by atoms with Gasteiger partial charge in [-0.05, 0) is 31.4 Å². The van der Waals surface area contributed by atoms with Crippen LogP contribution in [0.15, 0.2) is 12.3 Å². The molecule has 0 saturated heterocycles. The molecule has 0 fully saturated rings. The Bertz CT molecular complexity index is 438. The van der Waals surface area contributed by atoms with Gasteiger partial charge >= 0.3 is 5.97 Å². The number of carbonyl (C=O) groups is 1. The predicted octanol–water partition coefficient (Wildman–Crippen LogP) is 1.93. The minimum Gasteiger partial charge on any atom is -0.481 e. The molecule has 0 bridgehead atoms. The van der Waals surface area contributed by atoms with E-state index in [4.69, 9.17) is 10.4 Å². The number of carboxylic acid groups (broad SMARTS) is 1. The molecule has 1 aromatic rings. The second-order valence-corrected chi connectivity index (χ2v) is 3.74. The van der Waals surface area contributed by atoms with E-state index in [0.29, 0.717) is 24.3 Å². The molecule has 0 amide bonds. The van der Waals surface area contributed by atoms with Crippen molar-refractivity contribution in [1.29, 1.82) is 5.26 Å². The first-order chi connectivity index (χ1) is 8.15. The number of rotatable bonds is 6. The van der Waals surface area contributed by atoms with Gasteiger partial charge in [0, 0.05) is 19.2 Å². The molecule has 0 spiro atoms. The van der Waals surface area contributed by atoms with Crippen molar-refractivity contribution in [3.63, 3.8) is 0 Å². The summed E-state index contributed by atoms with van der Waals surface area (Å²) >= 11 is 0. The van der Waals surface area contributed by atoms with E-state index in [-0.39, 0.29) is 6.42 Å². The highest BCUT2D eigenvalue weighted by Crippen LogP contribution is 2.14. The van der Waals surface area contributed by atoms with E-state index in [9.17, 15) is 4.79 Å². The monoisotopic (exact) mass is 233 g/mol. The van der Waals surface area contributed by atoms with E-state index < -0.39 is 5.97 Å². The number of unbranched alkanes of at least 4 members (excludes halogenated alkanes) is 1. The lowest BCUT2D eigenvalue weighted by molar-refractivity contribution is -0.137. The fraction of sp³-hybridized carbons (Fsp3) is 0.417. The Morgan fingerprint density at radius 1 is 1.59 bits per heavy atom. The number of nitrogens with zero attached hydrogens (tertiary/aromatic N) is 2. The molecule has 1 aromatic heterocycles. The van der Waals surface area contributed by atoms with Crippen LogP contribution in [0.2, 0.25) is 0 Å². The third-order valence-electron chi connectivity index (χ3n) is 2.38. The van der Waals surface area contributed by atoms with Gasteiger partial charge in [0.1, 0.15) is 11.9 Å². The second kappa shape index (κ2) is 6.48. The summed E-state index contributed by atoms with van der Waals surface area (Å²) in [6, 6.07) is 3.89. The normalized spacial score (nSPS) is 9.65. The van der Waals surface area contributed by atoms with Crippen LogP contribution in [0, 0.1) is 18.3 Å². The maximum Gasteiger partial charge on any atom is 0.303 e. The van der Waals surface area contributed by atoms with Gasteiger partial charge in [-0.15, -0.1) is 0 Å². The number of nitrogens with one attached hydrogen (secondary N) is 1. The molecule has 0 aromatic carbocycles. The topological polar surface area (TPSA) is 86.0 Å². The first-order valence-electron chi connectivity index (χ1n) is 5.46. The van der Waals surface area contributed by atoms with Crippen LogP contribution < -0.4 is 5.32 Å². The van der Waals surface area contributed by atoms with Crippen LogP contribution in [0.5, 0.6) is 0 Å². The lowest BCUT2D eigenvalue weighted by atomic mass is 10.1. The highest BCUT2D eigenvalue weighted by molar-refractivity contribution is 5.66. The molecule has 2 N–H and O–H groups in total. The molecule has 0 aliphatic rings. The molecule has 5 heteroatoms. The smallest absolute Gasteiger partial charge is 0.303 e. The zero-order valence-electron chi connectivity index (χ0n) is 9.73. The Morgan fingerprint density at radius 3 is 3.00 bits per heavy atom. The summed E-state index contributed by atoms with van der Waals surface area (Å²) in [4.78, 5) is 14.4. The van der Waals surface area contributed by atoms with Gasteiger partial charge in [-0.3, -0.25) is 4.79 Å². The quantitative estimate of drug-likeness (QED) is 0.733. The van der Waals surface area contributed by atoms with Crippen molar-refractivity contribution in [2.24, 2.45) is 0 Å². The fourth-order valence-corrected chi connectivity index (χ4v) is 1.44. The van der Waals surface area contributed by atoms with Gasteiger partial charge in [-0.25, -0.2) is 4.98 Å². The maximum atomic E-state index is 10.3. The summed E-state index contributed by atoms with van der Waals surface area (Å²) in [5.41, 5.74) is 1.43. The summed E-state index contributed by atoms with van der Waals surface area (Å²) in [6.45, 7) is 2.48. The molecular formula is C12H15N3O2. The van der Waals surface area contributed by atoms with Gasteiger partial charge in [0.25, 0.3) is 0 Å². The van der Waals surface area contributed by atoms with Gasteiger partial charge in [-0.2, -0.15) is 5.26 Å². The lowest BCUT2D eigenvalue weighted by Gasteiger charge is -2.07. The Hall–Kier alpha value is -2.09. The Balaban J connectivity index is 2.45. The van der Waals surface area contributed by atoms with Gasteiger partial charge in [0.2, 0.25) is 0 Å². The van der Waals surface area contributed by atoms with Crippen molar-refractivity contribution in [3.8, 4) is 6.07 Å². The van der Waals surface area contributed by atoms with Crippen LogP contribution in [-0.4, -0.2) is 22.6 Å². The molecule has 0 aliphatic heterocycles. The first-order valence-corrected chi connectivity index (χ1v) is 5.46.